The summed E-state index contributed by atoms with van der Waals surface area (Å²) in [4.78, 5) is 2.51. The number of nitrogens with two attached hydrogens (primary N) is 1. The topological polar surface area (TPSA) is 47.7 Å². The van der Waals surface area contributed by atoms with Crippen LogP contribution >= 0.6 is 0 Å². The van der Waals surface area contributed by atoms with Crippen LogP contribution in [0.25, 0.3) is 0 Å². The summed E-state index contributed by atoms with van der Waals surface area (Å²) < 4.78 is 11.5. The first-order valence-corrected chi connectivity index (χ1v) is 7.69. The quantitative estimate of drug-likeness (QED) is 0.818. The van der Waals surface area contributed by atoms with E-state index >= 15 is 0 Å². The van der Waals surface area contributed by atoms with Gasteiger partial charge in [0.15, 0.2) is 0 Å². The highest BCUT2D eigenvalue weighted by Gasteiger charge is 2.66. The van der Waals surface area contributed by atoms with Crippen LogP contribution in [0.5, 0.6) is 0 Å². The summed E-state index contributed by atoms with van der Waals surface area (Å²) in [6.45, 7) is 11.4. The highest BCUT2D eigenvalue weighted by molar-refractivity contribution is 5.21. The number of hydrogen-bond acceptors (Lipinski definition) is 4. The van der Waals surface area contributed by atoms with Crippen molar-refractivity contribution in [1.82, 2.24) is 4.90 Å². The molecule has 0 bridgehead atoms. The molecular formula is C15H28N2O2. The van der Waals surface area contributed by atoms with Gasteiger partial charge in [0.25, 0.3) is 0 Å². The molecule has 2 aliphatic heterocycles. The third-order valence-corrected chi connectivity index (χ3v) is 5.86. The van der Waals surface area contributed by atoms with Gasteiger partial charge >= 0.3 is 0 Å². The van der Waals surface area contributed by atoms with E-state index in [0.717, 1.165) is 39.3 Å². The molecule has 0 aromatic rings. The zero-order valence-electron chi connectivity index (χ0n) is 12.5. The van der Waals surface area contributed by atoms with Crippen molar-refractivity contribution in [2.45, 2.75) is 51.3 Å². The first-order valence-electron chi connectivity index (χ1n) is 7.69. The van der Waals surface area contributed by atoms with Crippen LogP contribution in [0.3, 0.4) is 0 Å². The van der Waals surface area contributed by atoms with E-state index in [0.29, 0.717) is 18.1 Å². The number of morpholine rings is 1. The molecule has 4 atom stereocenters. The lowest BCUT2D eigenvalue weighted by Crippen LogP contribution is -2.81. The maximum Gasteiger partial charge on any atom is 0.0690 e. The molecule has 0 aromatic heterocycles. The highest BCUT2D eigenvalue weighted by Crippen LogP contribution is 2.57. The van der Waals surface area contributed by atoms with E-state index in [1.807, 2.05) is 0 Å². The monoisotopic (exact) mass is 268 g/mol. The average molecular weight is 268 g/mol. The van der Waals surface area contributed by atoms with E-state index in [-0.39, 0.29) is 11.0 Å². The summed E-state index contributed by atoms with van der Waals surface area (Å²) in [5, 5.41) is 0. The molecule has 110 valence electrons. The minimum Gasteiger partial charge on any atom is -0.379 e. The second-order valence-electron chi connectivity index (χ2n) is 7.20. The van der Waals surface area contributed by atoms with Crippen LogP contribution in [-0.4, -0.2) is 55.5 Å². The van der Waals surface area contributed by atoms with Gasteiger partial charge in [-0.05, 0) is 19.8 Å². The van der Waals surface area contributed by atoms with E-state index in [4.69, 9.17) is 15.2 Å². The normalized spacial score (nSPS) is 46.4. The summed E-state index contributed by atoms with van der Waals surface area (Å²) >= 11 is 0. The molecule has 2 heterocycles. The zero-order chi connectivity index (χ0) is 13.7. The zero-order valence-corrected chi connectivity index (χ0v) is 12.5. The van der Waals surface area contributed by atoms with Crippen molar-refractivity contribution in [1.29, 1.82) is 0 Å². The van der Waals surface area contributed by atoms with E-state index in [1.54, 1.807) is 0 Å². The molecule has 1 saturated carbocycles. The highest BCUT2D eigenvalue weighted by atomic mass is 16.5. The molecule has 0 aromatic carbocycles. The summed E-state index contributed by atoms with van der Waals surface area (Å²) in [6, 6.07) is 0.480. The largest absolute Gasteiger partial charge is 0.379 e. The van der Waals surface area contributed by atoms with Gasteiger partial charge in [0.1, 0.15) is 0 Å². The van der Waals surface area contributed by atoms with Crippen molar-refractivity contribution in [2.24, 2.45) is 17.1 Å². The molecule has 4 unspecified atom stereocenters. The van der Waals surface area contributed by atoms with Gasteiger partial charge in [-0.2, -0.15) is 0 Å². The third kappa shape index (κ3) is 1.96. The van der Waals surface area contributed by atoms with E-state index in [1.165, 1.54) is 6.42 Å². The molecule has 3 aliphatic rings. The van der Waals surface area contributed by atoms with Gasteiger partial charge in [0.2, 0.25) is 0 Å². The number of nitrogens with zero attached hydrogens (tertiary/aromatic N) is 1. The number of rotatable bonds is 2. The summed E-state index contributed by atoms with van der Waals surface area (Å²) in [5.74, 6) is 0.534. The van der Waals surface area contributed by atoms with E-state index < -0.39 is 0 Å². The Balaban J connectivity index is 1.74. The average Bonchev–Trinajstić information content (AvgIpc) is 2.41. The predicted molar refractivity (Wildman–Crippen MR) is 75.0 cm³/mol. The molecule has 1 aliphatic carbocycles. The Kier molecular flexibility index (Phi) is 3.41. The van der Waals surface area contributed by atoms with Crippen molar-refractivity contribution in [2.75, 3.05) is 32.9 Å². The SMILES string of the molecule is CC1COCCN1CC1(N)C2CCCOC2C1(C)C. The van der Waals surface area contributed by atoms with Crippen molar-refractivity contribution >= 4 is 0 Å². The Bertz CT molecular complexity index is 347. The van der Waals surface area contributed by atoms with Crippen LogP contribution in [0, 0.1) is 11.3 Å². The number of fused-ring (bicyclic) bond motifs is 1. The molecule has 19 heavy (non-hydrogen) atoms. The molecule has 4 nitrogen and oxygen atoms in total. The molecule has 3 fully saturated rings. The molecule has 0 radical (unpaired) electrons. The van der Waals surface area contributed by atoms with Gasteiger partial charge in [-0.15, -0.1) is 0 Å². The Morgan fingerprint density at radius 1 is 1.32 bits per heavy atom. The molecular weight excluding hydrogens is 240 g/mol. The Labute approximate surface area is 116 Å². The van der Waals surface area contributed by atoms with Gasteiger partial charge in [-0.3, -0.25) is 4.90 Å². The smallest absolute Gasteiger partial charge is 0.0690 e. The minimum absolute atomic E-state index is 0.0795. The number of ether oxygens (including phenoxy) is 2. The first-order chi connectivity index (χ1) is 8.97. The molecule has 4 heteroatoms. The maximum absolute atomic E-state index is 6.87. The Hall–Kier alpha value is -0.160. The minimum atomic E-state index is -0.107. The van der Waals surface area contributed by atoms with Crippen LogP contribution in [0.1, 0.15) is 33.6 Å². The van der Waals surface area contributed by atoms with Crippen LogP contribution in [0.15, 0.2) is 0 Å². The van der Waals surface area contributed by atoms with Crippen molar-refractivity contribution in [3.63, 3.8) is 0 Å². The molecule has 2 N–H and O–H groups in total. The van der Waals surface area contributed by atoms with E-state index in [9.17, 15) is 0 Å². The van der Waals surface area contributed by atoms with Crippen molar-refractivity contribution < 1.29 is 9.47 Å². The lowest BCUT2D eigenvalue weighted by atomic mass is 9.46. The van der Waals surface area contributed by atoms with Gasteiger partial charge in [-0.25, -0.2) is 0 Å². The van der Waals surface area contributed by atoms with Crippen LogP contribution < -0.4 is 5.73 Å². The second-order valence-corrected chi connectivity index (χ2v) is 7.20. The van der Waals surface area contributed by atoms with Crippen molar-refractivity contribution in [3.8, 4) is 0 Å². The molecule has 3 rings (SSSR count). The van der Waals surface area contributed by atoms with Gasteiger partial charge in [0, 0.05) is 42.6 Å². The predicted octanol–water partition coefficient (Wildman–Crippen LogP) is 1.24. The maximum atomic E-state index is 6.87. The number of hydrogen-bond donors (Lipinski definition) is 1. The van der Waals surface area contributed by atoms with E-state index in [2.05, 4.69) is 25.7 Å². The Morgan fingerprint density at radius 2 is 2.11 bits per heavy atom. The molecule has 0 spiro atoms. The first kappa shape index (κ1) is 13.8. The van der Waals surface area contributed by atoms with Gasteiger partial charge < -0.3 is 15.2 Å². The summed E-state index contributed by atoms with van der Waals surface area (Å²) in [6.07, 6.45) is 2.75. The van der Waals surface area contributed by atoms with Gasteiger partial charge in [0.05, 0.1) is 19.3 Å². The summed E-state index contributed by atoms with van der Waals surface area (Å²) in [7, 11) is 0. The standard InChI is InChI=1S/C15H28N2O2/c1-11-9-18-8-6-17(11)10-15(16)12-5-4-7-19-13(12)14(15,2)3/h11-13H,4-10,16H2,1-3H3. The van der Waals surface area contributed by atoms with Crippen molar-refractivity contribution in [3.05, 3.63) is 0 Å². The summed E-state index contributed by atoms with van der Waals surface area (Å²) in [5.41, 5.74) is 6.84. The Morgan fingerprint density at radius 3 is 2.84 bits per heavy atom. The second kappa shape index (κ2) is 4.69. The lowest BCUT2D eigenvalue weighted by molar-refractivity contribution is -0.235. The fourth-order valence-electron chi connectivity index (χ4n) is 4.32. The molecule has 2 saturated heterocycles. The van der Waals surface area contributed by atoms with Crippen LogP contribution in [-0.2, 0) is 9.47 Å². The van der Waals surface area contributed by atoms with Crippen LogP contribution in [0.2, 0.25) is 0 Å². The van der Waals surface area contributed by atoms with Crippen LogP contribution in [0.4, 0.5) is 0 Å². The molecule has 0 amide bonds. The van der Waals surface area contributed by atoms with Gasteiger partial charge in [-0.1, -0.05) is 13.8 Å². The third-order valence-electron chi connectivity index (χ3n) is 5.86. The fourth-order valence-corrected chi connectivity index (χ4v) is 4.32. The lowest BCUT2D eigenvalue weighted by Gasteiger charge is -2.67. The fraction of sp³-hybridized carbons (Fsp3) is 1.00.